The molecule has 4 rings (SSSR count). The molecule has 6 nitrogen and oxygen atoms in total. The molecule has 2 N–H and O–H groups in total. The number of nitrogens with zero attached hydrogens (tertiary/aromatic N) is 2. The van der Waals surface area contributed by atoms with E-state index in [1.807, 2.05) is 55.3 Å². The SMILES string of the molecule is CC(C)[C@@H](NC(=O)C1=C2C=CC=C[NH+]2N=C1)C(=O)N1CCC(c2ccc(Cl)cc2)CC1. The van der Waals surface area contributed by atoms with Gasteiger partial charge in [0.1, 0.15) is 24.0 Å². The van der Waals surface area contributed by atoms with Gasteiger partial charge in [-0.05, 0) is 48.4 Å². The second kappa shape index (κ2) is 9.20. The number of fused-ring (bicyclic) bond motifs is 1. The number of hydrogen-bond acceptors (Lipinski definition) is 3. The number of likely N-dealkylation sites (tertiary alicyclic amines) is 1. The summed E-state index contributed by atoms with van der Waals surface area (Å²) in [7, 11) is 0. The maximum Gasteiger partial charge on any atom is 0.259 e. The van der Waals surface area contributed by atoms with Gasteiger partial charge in [-0.15, -0.1) is 0 Å². The molecular weight excluding hydrogens is 412 g/mol. The standard InChI is InChI=1S/C24H27ClN4O2/c1-16(2)22(27-23(30)20-15-26-29-12-4-3-5-21(20)29)24(31)28-13-10-18(11-14-28)17-6-8-19(25)9-7-17/h3-9,12,15-16,18,22H,10-11,13-14H2,1-2H3,(H,27,30)/p+1/t22-/m1/s1. The Bertz CT molecular complexity index is 970. The molecule has 31 heavy (non-hydrogen) atoms. The second-order valence-corrected chi connectivity index (χ2v) is 8.97. The molecule has 2 amide bonds. The normalized spacial score (nSPS) is 21.5. The number of halogens is 1. The van der Waals surface area contributed by atoms with Crippen LogP contribution in [0.3, 0.4) is 0 Å². The summed E-state index contributed by atoms with van der Waals surface area (Å²) < 4.78 is 0. The molecule has 2 atom stereocenters. The number of hydrogen-bond donors (Lipinski definition) is 2. The van der Waals surface area contributed by atoms with Gasteiger partial charge in [-0.3, -0.25) is 9.59 Å². The summed E-state index contributed by atoms with van der Waals surface area (Å²) in [6, 6.07) is 7.41. The van der Waals surface area contributed by atoms with E-state index in [2.05, 4.69) is 22.6 Å². The van der Waals surface area contributed by atoms with Gasteiger partial charge in [0, 0.05) is 24.2 Å². The van der Waals surface area contributed by atoms with Crippen LogP contribution >= 0.6 is 11.6 Å². The van der Waals surface area contributed by atoms with Crippen molar-refractivity contribution in [3.63, 3.8) is 0 Å². The number of allylic oxidation sites excluding steroid dienone is 3. The fraction of sp³-hybridized carbons (Fsp3) is 0.375. The van der Waals surface area contributed by atoms with E-state index in [4.69, 9.17) is 11.6 Å². The minimum absolute atomic E-state index is 0.0123. The van der Waals surface area contributed by atoms with Crippen molar-refractivity contribution >= 4 is 29.6 Å². The predicted octanol–water partition coefficient (Wildman–Crippen LogP) is 2.41. The van der Waals surface area contributed by atoms with E-state index < -0.39 is 6.04 Å². The summed E-state index contributed by atoms with van der Waals surface area (Å²) in [6.45, 7) is 5.30. The lowest BCUT2D eigenvalue weighted by Crippen LogP contribution is -2.99. The average Bonchev–Trinajstić information content (AvgIpc) is 3.22. The molecular formula is C24H28ClN4O2+. The van der Waals surface area contributed by atoms with Gasteiger partial charge in [0.25, 0.3) is 5.91 Å². The van der Waals surface area contributed by atoms with Crippen molar-refractivity contribution in [2.75, 3.05) is 13.1 Å². The van der Waals surface area contributed by atoms with Gasteiger partial charge in [-0.2, -0.15) is 5.01 Å². The molecule has 0 radical (unpaired) electrons. The zero-order chi connectivity index (χ0) is 22.0. The minimum Gasteiger partial charge on any atom is -0.341 e. The Hall–Kier alpha value is -2.70. The van der Waals surface area contributed by atoms with Crippen LogP contribution in [0.25, 0.3) is 0 Å². The fourth-order valence-electron chi connectivity index (χ4n) is 4.30. The molecule has 162 valence electrons. The molecule has 3 aliphatic heterocycles. The molecule has 3 aliphatic rings. The molecule has 1 unspecified atom stereocenters. The van der Waals surface area contributed by atoms with Gasteiger partial charge in [-0.1, -0.05) is 48.8 Å². The van der Waals surface area contributed by atoms with Gasteiger partial charge < -0.3 is 10.2 Å². The van der Waals surface area contributed by atoms with Crippen molar-refractivity contribution in [1.29, 1.82) is 0 Å². The Morgan fingerprint density at radius 1 is 1.16 bits per heavy atom. The van der Waals surface area contributed by atoms with Gasteiger partial charge in [0.05, 0.1) is 0 Å². The first-order chi connectivity index (χ1) is 14.9. The highest BCUT2D eigenvalue weighted by molar-refractivity contribution is 6.30. The van der Waals surface area contributed by atoms with Gasteiger partial charge in [-0.25, -0.2) is 0 Å². The Morgan fingerprint density at radius 2 is 1.87 bits per heavy atom. The lowest BCUT2D eigenvalue weighted by atomic mass is 9.89. The lowest BCUT2D eigenvalue weighted by molar-refractivity contribution is -0.806. The van der Waals surface area contributed by atoms with E-state index in [0.717, 1.165) is 28.6 Å². The van der Waals surface area contributed by atoms with E-state index in [-0.39, 0.29) is 17.7 Å². The van der Waals surface area contributed by atoms with Crippen LogP contribution in [0, 0.1) is 5.92 Å². The van der Waals surface area contributed by atoms with Crippen LogP contribution < -0.4 is 10.3 Å². The first-order valence-corrected chi connectivity index (χ1v) is 11.2. The highest BCUT2D eigenvalue weighted by Crippen LogP contribution is 2.29. The van der Waals surface area contributed by atoms with Crippen molar-refractivity contribution in [3.8, 4) is 0 Å². The number of quaternary nitrogens is 1. The first-order valence-electron chi connectivity index (χ1n) is 10.8. The number of amides is 2. The highest BCUT2D eigenvalue weighted by atomic mass is 35.5. The Morgan fingerprint density at radius 3 is 2.55 bits per heavy atom. The zero-order valence-electron chi connectivity index (χ0n) is 17.8. The number of nitrogens with one attached hydrogen (secondary N) is 2. The van der Waals surface area contributed by atoms with E-state index in [1.165, 1.54) is 5.56 Å². The van der Waals surface area contributed by atoms with Crippen molar-refractivity contribution in [2.24, 2.45) is 11.0 Å². The van der Waals surface area contributed by atoms with Gasteiger partial charge in [0.15, 0.2) is 5.70 Å². The fourth-order valence-corrected chi connectivity index (χ4v) is 4.42. The topological polar surface area (TPSA) is 66.2 Å². The van der Waals surface area contributed by atoms with E-state index in [9.17, 15) is 9.59 Å². The summed E-state index contributed by atoms with van der Waals surface area (Å²) in [5.74, 6) is 0.147. The number of piperidine rings is 1. The molecule has 1 fully saturated rings. The first kappa shape index (κ1) is 21.5. The van der Waals surface area contributed by atoms with Crippen LogP contribution in [0.5, 0.6) is 0 Å². The van der Waals surface area contributed by atoms with Crippen LogP contribution in [0.15, 0.2) is 65.1 Å². The third kappa shape index (κ3) is 4.65. The van der Waals surface area contributed by atoms with Crippen LogP contribution in [0.2, 0.25) is 5.02 Å². The lowest BCUT2D eigenvalue weighted by Gasteiger charge is -2.35. The largest absolute Gasteiger partial charge is 0.341 e. The number of carbonyl (C=O) groups is 2. The quantitative estimate of drug-likeness (QED) is 0.739. The summed E-state index contributed by atoms with van der Waals surface area (Å²) in [6.07, 6.45) is 10.9. The Labute approximate surface area is 187 Å². The summed E-state index contributed by atoms with van der Waals surface area (Å²) >= 11 is 6.00. The molecule has 7 heteroatoms. The van der Waals surface area contributed by atoms with Crippen LogP contribution in [-0.2, 0) is 9.59 Å². The van der Waals surface area contributed by atoms with E-state index in [0.29, 0.717) is 24.6 Å². The summed E-state index contributed by atoms with van der Waals surface area (Å²) in [5.41, 5.74) is 2.58. The van der Waals surface area contributed by atoms with Crippen LogP contribution in [-0.4, -0.2) is 42.1 Å². The molecule has 0 saturated carbocycles. The molecule has 0 spiro atoms. The maximum atomic E-state index is 13.3. The van der Waals surface area contributed by atoms with Crippen LogP contribution in [0.1, 0.15) is 38.2 Å². The summed E-state index contributed by atoms with van der Waals surface area (Å²) in [4.78, 5) is 28.1. The third-order valence-electron chi connectivity index (χ3n) is 6.14. The molecule has 3 heterocycles. The summed E-state index contributed by atoms with van der Waals surface area (Å²) in [5, 5.41) is 8.79. The monoisotopic (exact) mass is 439 g/mol. The molecule has 1 saturated heterocycles. The van der Waals surface area contributed by atoms with Crippen molar-refractivity contribution < 1.29 is 14.6 Å². The number of rotatable bonds is 5. The molecule has 1 aromatic rings. The van der Waals surface area contributed by atoms with E-state index >= 15 is 0 Å². The zero-order valence-corrected chi connectivity index (χ0v) is 18.6. The van der Waals surface area contributed by atoms with Crippen molar-refractivity contribution in [3.05, 3.63) is 70.5 Å². The molecule has 0 aromatic heterocycles. The van der Waals surface area contributed by atoms with Crippen LogP contribution in [0.4, 0.5) is 0 Å². The van der Waals surface area contributed by atoms with E-state index in [1.54, 1.807) is 6.21 Å². The maximum absolute atomic E-state index is 13.3. The van der Waals surface area contributed by atoms with Crippen molar-refractivity contribution in [1.82, 2.24) is 10.2 Å². The molecule has 0 aliphatic carbocycles. The predicted molar refractivity (Wildman–Crippen MR) is 122 cm³/mol. The Kier molecular flexibility index (Phi) is 6.39. The third-order valence-corrected chi connectivity index (χ3v) is 6.39. The van der Waals surface area contributed by atoms with Crippen molar-refractivity contribution in [2.45, 2.75) is 38.6 Å². The highest BCUT2D eigenvalue weighted by Gasteiger charge is 2.34. The number of benzene rings is 1. The average molecular weight is 440 g/mol. The Balaban J connectivity index is 1.40. The van der Waals surface area contributed by atoms with Gasteiger partial charge in [0.2, 0.25) is 5.91 Å². The second-order valence-electron chi connectivity index (χ2n) is 8.54. The molecule has 1 aromatic carbocycles. The molecule has 0 bridgehead atoms. The smallest absolute Gasteiger partial charge is 0.259 e. The number of carbonyl (C=O) groups excluding carboxylic acids is 2. The van der Waals surface area contributed by atoms with Gasteiger partial charge >= 0.3 is 0 Å². The minimum atomic E-state index is -0.562.